The lowest BCUT2D eigenvalue weighted by molar-refractivity contribution is -0.274. The number of alkyl halides is 3. The molecule has 4 nitrogen and oxygen atoms in total. The monoisotopic (exact) mass is 350 g/mol. The van der Waals surface area contributed by atoms with Crippen LogP contribution in [0.3, 0.4) is 0 Å². The fraction of sp³-hybridized carbons (Fsp3) is 0.0769. The molecular weight excluding hydrogens is 344 g/mol. The van der Waals surface area contributed by atoms with Gasteiger partial charge in [0.25, 0.3) is 5.91 Å². The highest BCUT2D eigenvalue weighted by molar-refractivity contribution is 6.35. The molecule has 9 heteroatoms. The van der Waals surface area contributed by atoms with Crippen LogP contribution in [-0.4, -0.2) is 17.3 Å². The fourth-order valence-corrected chi connectivity index (χ4v) is 1.85. The van der Waals surface area contributed by atoms with Crippen LogP contribution in [-0.2, 0) is 0 Å². The molecule has 0 atom stereocenters. The molecule has 0 aliphatic rings. The Balaban J connectivity index is 2.10. The van der Waals surface area contributed by atoms with Crippen molar-refractivity contribution in [2.45, 2.75) is 6.36 Å². The summed E-state index contributed by atoms with van der Waals surface area (Å²) in [5, 5.41) is 2.62. The number of amides is 1. The number of carbonyl (C=O) groups is 1. The highest BCUT2D eigenvalue weighted by Gasteiger charge is 2.30. The van der Waals surface area contributed by atoms with Gasteiger partial charge in [-0.15, -0.1) is 13.2 Å². The quantitative estimate of drug-likeness (QED) is 0.826. The maximum Gasteiger partial charge on any atom is 0.573 e. The zero-order chi connectivity index (χ0) is 16.3. The van der Waals surface area contributed by atoms with E-state index in [-0.39, 0.29) is 21.6 Å². The van der Waals surface area contributed by atoms with Crippen LogP contribution in [0, 0.1) is 0 Å². The first-order chi connectivity index (χ1) is 10.2. The molecule has 2 rings (SSSR count). The van der Waals surface area contributed by atoms with Crippen LogP contribution < -0.4 is 10.1 Å². The number of aromatic nitrogens is 1. The maximum atomic E-state index is 12.0. The Morgan fingerprint density at radius 1 is 1.09 bits per heavy atom. The summed E-state index contributed by atoms with van der Waals surface area (Å²) in [6.07, 6.45) is -4.77. The molecule has 1 aromatic carbocycles. The summed E-state index contributed by atoms with van der Waals surface area (Å²) in [7, 11) is 0. The Morgan fingerprint density at radius 3 is 2.32 bits per heavy atom. The molecule has 1 amide bonds. The van der Waals surface area contributed by atoms with E-state index in [9.17, 15) is 18.0 Å². The highest BCUT2D eigenvalue weighted by Crippen LogP contribution is 2.24. The van der Waals surface area contributed by atoms with E-state index in [2.05, 4.69) is 15.0 Å². The fourth-order valence-electron chi connectivity index (χ4n) is 1.51. The van der Waals surface area contributed by atoms with Crippen LogP contribution in [0.25, 0.3) is 0 Å². The van der Waals surface area contributed by atoms with Crippen LogP contribution in [0.1, 0.15) is 10.5 Å². The topological polar surface area (TPSA) is 51.2 Å². The molecule has 0 saturated heterocycles. The van der Waals surface area contributed by atoms with Crippen LogP contribution in [0.4, 0.5) is 18.9 Å². The van der Waals surface area contributed by atoms with Crippen molar-refractivity contribution in [3.63, 3.8) is 0 Å². The van der Waals surface area contributed by atoms with Crippen molar-refractivity contribution in [3.8, 4) is 5.75 Å². The van der Waals surface area contributed by atoms with E-state index in [1.54, 1.807) is 0 Å². The van der Waals surface area contributed by atoms with Crippen molar-refractivity contribution in [2.24, 2.45) is 0 Å². The van der Waals surface area contributed by atoms with Crippen molar-refractivity contribution < 1.29 is 22.7 Å². The van der Waals surface area contributed by atoms with E-state index in [1.807, 2.05) is 0 Å². The Labute approximate surface area is 132 Å². The van der Waals surface area contributed by atoms with Crippen molar-refractivity contribution in [1.82, 2.24) is 4.98 Å². The molecule has 0 spiro atoms. The van der Waals surface area contributed by atoms with E-state index in [1.165, 1.54) is 24.3 Å². The zero-order valence-corrected chi connectivity index (χ0v) is 12.1. The van der Waals surface area contributed by atoms with Crippen LogP contribution in [0.2, 0.25) is 10.2 Å². The molecule has 0 radical (unpaired) electrons. The van der Waals surface area contributed by atoms with Crippen LogP contribution >= 0.6 is 23.2 Å². The summed E-state index contributed by atoms with van der Waals surface area (Å²) in [6.45, 7) is 0. The second kappa shape index (κ2) is 6.41. The SMILES string of the molecule is O=C(Nc1ccc(OC(F)(F)F)cc1)c1nc(Cl)ccc1Cl. The first-order valence-electron chi connectivity index (χ1n) is 5.74. The number of pyridine rings is 1. The minimum absolute atomic E-state index is 0.0866. The van der Waals surface area contributed by atoms with E-state index in [0.29, 0.717) is 0 Å². The lowest BCUT2D eigenvalue weighted by Gasteiger charge is -2.10. The van der Waals surface area contributed by atoms with Crippen molar-refractivity contribution >= 4 is 34.8 Å². The van der Waals surface area contributed by atoms with Gasteiger partial charge in [0.15, 0.2) is 0 Å². The number of rotatable bonds is 3. The molecule has 0 unspecified atom stereocenters. The average molecular weight is 351 g/mol. The van der Waals surface area contributed by atoms with E-state index < -0.39 is 18.0 Å². The van der Waals surface area contributed by atoms with Gasteiger partial charge in [0, 0.05) is 5.69 Å². The predicted molar refractivity (Wildman–Crippen MR) is 75.3 cm³/mol. The third kappa shape index (κ3) is 4.51. The number of hydrogen-bond donors (Lipinski definition) is 1. The molecule has 1 aromatic heterocycles. The summed E-state index contributed by atoms with van der Waals surface area (Å²) in [6, 6.07) is 7.46. The third-order valence-electron chi connectivity index (χ3n) is 2.37. The molecule has 1 N–H and O–H groups in total. The lowest BCUT2D eigenvalue weighted by atomic mass is 10.2. The van der Waals surface area contributed by atoms with Crippen molar-refractivity contribution in [3.05, 3.63) is 52.3 Å². The number of anilines is 1. The molecule has 0 bridgehead atoms. The van der Waals surface area contributed by atoms with Gasteiger partial charge in [-0.25, -0.2) is 4.98 Å². The third-order valence-corrected chi connectivity index (χ3v) is 2.89. The first-order valence-corrected chi connectivity index (χ1v) is 6.49. The molecule has 2 aromatic rings. The average Bonchev–Trinajstić information content (AvgIpc) is 2.42. The number of hydrogen-bond acceptors (Lipinski definition) is 3. The van der Waals surface area contributed by atoms with Gasteiger partial charge in [-0.05, 0) is 36.4 Å². The number of nitrogens with one attached hydrogen (secondary N) is 1. The highest BCUT2D eigenvalue weighted by atomic mass is 35.5. The van der Waals surface area contributed by atoms with Gasteiger partial charge in [0.1, 0.15) is 16.6 Å². The van der Waals surface area contributed by atoms with Gasteiger partial charge >= 0.3 is 6.36 Å². The minimum atomic E-state index is -4.77. The van der Waals surface area contributed by atoms with Gasteiger partial charge in [0.2, 0.25) is 0 Å². The zero-order valence-electron chi connectivity index (χ0n) is 10.6. The number of ether oxygens (including phenoxy) is 1. The maximum absolute atomic E-state index is 12.0. The standard InChI is InChI=1S/C13H7Cl2F3N2O2/c14-9-5-6-10(15)20-11(9)12(21)19-7-1-3-8(4-2-7)22-13(16,17)18/h1-6H,(H,19,21). The van der Waals surface area contributed by atoms with Gasteiger partial charge in [-0.1, -0.05) is 23.2 Å². The minimum Gasteiger partial charge on any atom is -0.406 e. The summed E-state index contributed by atoms with van der Waals surface area (Å²) < 4.78 is 39.8. The predicted octanol–water partition coefficient (Wildman–Crippen LogP) is 4.54. The Kier molecular flexibility index (Phi) is 4.77. The molecule has 0 aliphatic heterocycles. The normalized spacial score (nSPS) is 11.1. The Morgan fingerprint density at radius 2 is 1.73 bits per heavy atom. The molecular formula is C13H7Cl2F3N2O2. The summed E-state index contributed by atoms with van der Waals surface area (Å²) in [5.41, 5.74) is 0.155. The second-order valence-electron chi connectivity index (χ2n) is 3.99. The molecule has 0 aliphatic carbocycles. The van der Waals surface area contributed by atoms with Crippen LogP contribution in [0.15, 0.2) is 36.4 Å². The molecule has 0 fully saturated rings. The van der Waals surface area contributed by atoms with E-state index in [4.69, 9.17) is 23.2 Å². The largest absolute Gasteiger partial charge is 0.573 e. The van der Waals surface area contributed by atoms with E-state index in [0.717, 1.165) is 12.1 Å². The smallest absolute Gasteiger partial charge is 0.406 e. The van der Waals surface area contributed by atoms with E-state index >= 15 is 0 Å². The molecule has 116 valence electrons. The van der Waals surface area contributed by atoms with Gasteiger partial charge in [0.05, 0.1) is 5.02 Å². The van der Waals surface area contributed by atoms with Gasteiger partial charge < -0.3 is 10.1 Å². The van der Waals surface area contributed by atoms with Crippen LogP contribution in [0.5, 0.6) is 5.75 Å². The Bertz CT molecular complexity index is 691. The molecule has 0 saturated carbocycles. The summed E-state index contributed by atoms with van der Waals surface area (Å²) >= 11 is 11.5. The molecule has 1 heterocycles. The van der Waals surface area contributed by atoms with Crippen molar-refractivity contribution in [2.75, 3.05) is 5.32 Å². The first kappa shape index (κ1) is 16.4. The number of nitrogens with zero attached hydrogens (tertiary/aromatic N) is 1. The summed E-state index contributed by atoms with van der Waals surface area (Å²) in [4.78, 5) is 15.8. The number of halogens is 5. The Hall–Kier alpha value is -1.99. The summed E-state index contributed by atoms with van der Waals surface area (Å²) in [5.74, 6) is -1.04. The lowest BCUT2D eigenvalue weighted by Crippen LogP contribution is -2.17. The molecule has 22 heavy (non-hydrogen) atoms. The van der Waals surface area contributed by atoms with Gasteiger partial charge in [-0.3, -0.25) is 4.79 Å². The number of benzene rings is 1. The number of carbonyl (C=O) groups excluding carboxylic acids is 1. The second-order valence-corrected chi connectivity index (χ2v) is 4.79. The van der Waals surface area contributed by atoms with Gasteiger partial charge in [-0.2, -0.15) is 0 Å². The van der Waals surface area contributed by atoms with Crippen molar-refractivity contribution in [1.29, 1.82) is 0 Å².